The summed E-state index contributed by atoms with van der Waals surface area (Å²) in [6.07, 6.45) is 3.67. The molecule has 3 aromatic carbocycles. The zero-order valence-corrected chi connectivity index (χ0v) is 44.1. The quantitative estimate of drug-likeness (QED) is 0.0656. The minimum Gasteiger partial charge on any atom is -0.496 e. The molecule has 0 aliphatic carbocycles. The van der Waals surface area contributed by atoms with Crippen molar-refractivity contribution in [1.82, 2.24) is 35.8 Å². The molecule has 4 amide bonds. The van der Waals surface area contributed by atoms with Gasteiger partial charge in [0, 0.05) is 93.1 Å². The van der Waals surface area contributed by atoms with E-state index in [2.05, 4.69) is 36.9 Å². The van der Waals surface area contributed by atoms with Crippen molar-refractivity contribution in [2.24, 2.45) is 5.41 Å². The molecule has 71 heavy (non-hydrogen) atoms. The summed E-state index contributed by atoms with van der Waals surface area (Å²) in [5, 5.41) is 20.9. The summed E-state index contributed by atoms with van der Waals surface area (Å²) in [6.45, 7) is 12.7. The molecule has 2 aliphatic rings. The Hall–Kier alpha value is -5.67. The van der Waals surface area contributed by atoms with Crippen molar-refractivity contribution in [1.29, 1.82) is 0 Å². The number of ether oxygens (including phenoxy) is 1. The van der Waals surface area contributed by atoms with Crippen LogP contribution in [0.2, 0.25) is 5.02 Å². The first kappa shape index (κ1) is 53.1. The lowest BCUT2D eigenvalue weighted by molar-refractivity contribution is -0.144. The highest BCUT2D eigenvalue weighted by Gasteiger charge is 2.44. The van der Waals surface area contributed by atoms with Gasteiger partial charge in [-0.25, -0.2) is 15.0 Å². The number of halogens is 1. The maximum Gasteiger partial charge on any atom is 0.246 e. The molecular formula is C53H66ClN8O7PS. The number of β-amino-alcohol motifs (C(OH)–C–C–N with tert-alkyl or cyclic N) is 1. The van der Waals surface area contributed by atoms with Crippen molar-refractivity contribution in [3.05, 3.63) is 117 Å². The van der Waals surface area contributed by atoms with Gasteiger partial charge in [0.15, 0.2) is 0 Å². The number of nitrogens with zero attached hydrogens (tertiary/aromatic N) is 5. The number of aliphatic hydroxyl groups is 1. The van der Waals surface area contributed by atoms with Gasteiger partial charge in [-0.05, 0) is 67.7 Å². The van der Waals surface area contributed by atoms with E-state index in [1.807, 2.05) is 93.9 Å². The third-order valence-electron chi connectivity index (χ3n) is 13.2. The number of methoxy groups -OCH3 is 1. The zero-order valence-electron chi connectivity index (χ0n) is 41.7. The number of likely N-dealkylation sites (tertiary alicyclic amines) is 1. The SMILES string of the molecule is COc1cc(N2CCC(NC(=O)CCCC(=O)N[C@H](C(=O)N3C[C@H](O)C[C@H]3C(=O)NCc3ccc(-c4scnc4C)cc3)C(C)(C)C)CC2)ccc1Cc1ncc(Cl)c(Cc2ccccc2P(C)(C)=O)n1. The van der Waals surface area contributed by atoms with E-state index >= 15 is 0 Å². The molecule has 2 aromatic heterocycles. The zero-order chi connectivity index (χ0) is 51.0. The molecule has 18 heteroatoms. The second-order valence-electron chi connectivity index (χ2n) is 20.0. The summed E-state index contributed by atoms with van der Waals surface area (Å²) in [7, 11) is -0.867. The van der Waals surface area contributed by atoms with Crippen LogP contribution in [0.25, 0.3) is 10.4 Å². The Morgan fingerprint density at radius 1 is 0.958 bits per heavy atom. The van der Waals surface area contributed by atoms with Crippen molar-refractivity contribution >= 4 is 64.7 Å². The van der Waals surface area contributed by atoms with Crippen molar-refractivity contribution < 1.29 is 33.6 Å². The van der Waals surface area contributed by atoms with Gasteiger partial charge in [0.1, 0.15) is 30.8 Å². The second-order valence-corrected chi connectivity index (χ2v) is 24.5. The van der Waals surface area contributed by atoms with Crippen molar-refractivity contribution in [2.75, 3.05) is 45.0 Å². The minimum atomic E-state index is -2.51. The van der Waals surface area contributed by atoms with Crippen molar-refractivity contribution in [3.8, 4) is 16.2 Å². The molecular weight excluding hydrogens is 959 g/mol. The van der Waals surface area contributed by atoms with Crippen LogP contribution in [0.1, 0.15) is 93.2 Å². The van der Waals surface area contributed by atoms with Crippen LogP contribution in [-0.4, -0.2) is 113 Å². The number of aromatic nitrogens is 3. The third kappa shape index (κ3) is 13.9. The maximum atomic E-state index is 14.1. The van der Waals surface area contributed by atoms with Gasteiger partial charge in [0.25, 0.3) is 0 Å². The van der Waals surface area contributed by atoms with E-state index in [-0.39, 0.29) is 56.1 Å². The summed E-state index contributed by atoms with van der Waals surface area (Å²) in [5.41, 5.74) is 7.53. The maximum absolute atomic E-state index is 14.1. The monoisotopic (exact) mass is 1020 g/mol. The van der Waals surface area contributed by atoms with Crippen molar-refractivity contribution in [2.45, 2.75) is 110 Å². The average Bonchev–Trinajstić information content (AvgIpc) is 3.95. The number of thiazole rings is 1. The number of hydrogen-bond acceptors (Lipinski definition) is 12. The Kier molecular flexibility index (Phi) is 17.4. The number of amides is 4. The van der Waals surface area contributed by atoms with Gasteiger partial charge < -0.3 is 40.2 Å². The third-order valence-corrected chi connectivity index (χ3v) is 16.0. The first-order chi connectivity index (χ1) is 33.8. The summed E-state index contributed by atoms with van der Waals surface area (Å²) >= 11 is 8.13. The number of carbonyl (C=O) groups excluding carboxylic acids is 4. The van der Waals surface area contributed by atoms with Gasteiger partial charge in [-0.2, -0.15) is 0 Å². The first-order valence-electron chi connectivity index (χ1n) is 24.2. The van der Waals surface area contributed by atoms with Crippen LogP contribution < -0.4 is 30.9 Å². The molecule has 0 unspecified atom stereocenters. The molecule has 3 atom stereocenters. The van der Waals surface area contributed by atoms with E-state index in [1.165, 1.54) is 4.90 Å². The average molecular weight is 1030 g/mol. The predicted octanol–water partition coefficient (Wildman–Crippen LogP) is 7.06. The van der Waals surface area contributed by atoms with Gasteiger partial charge in [0.2, 0.25) is 23.6 Å². The molecule has 4 heterocycles. The molecule has 2 saturated heterocycles. The van der Waals surface area contributed by atoms with Gasteiger partial charge >= 0.3 is 0 Å². The number of aliphatic hydroxyl groups excluding tert-OH is 1. The topological polar surface area (TPSA) is 196 Å². The smallest absolute Gasteiger partial charge is 0.246 e. The Labute approximate surface area is 425 Å². The number of rotatable bonds is 18. The summed E-state index contributed by atoms with van der Waals surface area (Å²) in [4.78, 5) is 72.4. The van der Waals surface area contributed by atoms with E-state index in [9.17, 15) is 28.8 Å². The highest BCUT2D eigenvalue weighted by Crippen LogP contribution is 2.37. The van der Waals surface area contributed by atoms with Crippen LogP contribution in [0.3, 0.4) is 0 Å². The second kappa shape index (κ2) is 23.3. The van der Waals surface area contributed by atoms with Gasteiger partial charge in [0.05, 0.1) is 40.0 Å². The van der Waals surface area contributed by atoms with Crippen LogP contribution in [0, 0.1) is 12.3 Å². The first-order valence-corrected chi connectivity index (χ1v) is 28.0. The van der Waals surface area contributed by atoms with E-state index in [1.54, 1.807) is 38.0 Å². The number of piperidine rings is 1. The number of anilines is 1. The van der Waals surface area contributed by atoms with Crippen LogP contribution in [0.4, 0.5) is 5.69 Å². The highest BCUT2D eigenvalue weighted by atomic mass is 35.5. The van der Waals surface area contributed by atoms with Crippen LogP contribution in [0.5, 0.6) is 5.75 Å². The number of carbonyl (C=O) groups is 4. The molecule has 378 valence electrons. The summed E-state index contributed by atoms with van der Waals surface area (Å²) < 4.78 is 18.8. The normalized spacial score (nSPS) is 16.9. The Bertz CT molecular complexity index is 2750. The predicted molar refractivity (Wildman–Crippen MR) is 280 cm³/mol. The van der Waals surface area contributed by atoms with Crippen molar-refractivity contribution in [3.63, 3.8) is 0 Å². The lowest BCUT2D eigenvalue weighted by Crippen LogP contribution is -2.57. The fourth-order valence-electron chi connectivity index (χ4n) is 9.27. The van der Waals surface area contributed by atoms with Gasteiger partial charge in [-0.3, -0.25) is 19.2 Å². The largest absolute Gasteiger partial charge is 0.496 e. The van der Waals surface area contributed by atoms with E-state index in [0.717, 1.165) is 69.7 Å². The summed E-state index contributed by atoms with van der Waals surface area (Å²) in [6, 6.07) is 19.8. The fraction of sp³-hybridized carbons (Fsp3) is 0.453. The van der Waals surface area contributed by atoms with E-state index in [4.69, 9.17) is 21.3 Å². The van der Waals surface area contributed by atoms with Crippen LogP contribution in [0.15, 0.2) is 78.4 Å². The standard InChI is InChI=1S/C53H66ClN8O7PS/c1-33-49(71-32-57-33)35-17-15-34(16-18-35)29-56-51(66)43-28-40(63)31-62(43)52(67)50(53(2,3)4)60-48(65)14-10-13-47(64)58-38-21-23-61(24-22-38)39-20-19-36(44(27-39)69-5)26-46-55-30-41(54)42(59-46)25-37-11-8-9-12-45(37)70(6,7)68/h8-9,11-12,15-20,27,30,32,38,40,43,50,63H,10,13-14,21-26,28-29,31H2,1-7H3,(H,56,66)(H,58,64)(H,60,65)/t40-,43+,50-/m1/s1. The number of aryl methyl sites for hydroxylation is 1. The molecule has 2 fully saturated rings. The molecule has 0 radical (unpaired) electrons. The minimum absolute atomic E-state index is 0.0125. The molecule has 4 N–H and O–H groups in total. The summed E-state index contributed by atoms with van der Waals surface area (Å²) in [5.74, 6) is -0.00752. The molecule has 2 aliphatic heterocycles. The molecule has 7 rings (SSSR count). The molecule has 0 bridgehead atoms. The fourth-order valence-corrected chi connectivity index (χ4v) is 11.5. The van der Waals surface area contributed by atoms with Crippen LogP contribution >= 0.6 is 30.1 Å². The lowest BCUT2D eigenvalue weighted by atomic mass is 9.85. The number of hydrogen-bond donors (Lipinski definition) is 4. The van der Waals surface area contributed by atoms with Gasteiger partial charge in [-0.1, -0.05) is 87.0 Å². The van der Waals surface area contributed by atoms with E-state index < -0.39 is 36.7 Å². The van der Waals surface area contributed by atoms with Crippen LogP contribution in [-0.2, 0) is 43.1 Å². The molecule has 0 saturated carbocycles. The molecule has 0 spiro atoms. The van der Waals surface area contributed by atoms with E-state index in [0.29, 0.717) is 41.6 Å². The lowest BCUT2D eigenvalue weighted by Gasteiger charge is -2.35. The number of nitrogens with one attached hydrogen (secondary N) is 3. The Balaban J connectivity index is 0.853. The molecule has 15 nitrogen and oxygen atoms in total. The highest BCUT2D eigenvalue weighted by molar-refractivity contribution is 7.70. The number of benzene rings is 3. The van der Waals surface area contributed by atoms with Gasteiger partial charge in [-0.15, -0.1) is 11.3 Å². The Morgan fingerprint density at radius 3 is 2.35 bits per heavy atom. The Morgan fingerprint density at radius 2 is 1.68 bits per heavy atom. The molecule has 5 aromatic rings.